The second-order valence-corrected chi connectivity index (χ2v) is 5.14. The Balaban J connectivity index is 1.79. The Labute approximate surface area is 123 Å². The largest absolute Gasteiger partial charge is 0.306 e. The maximum atomic E-state index is 13.8. The van der Waals surface area contributed by atoms with E-state index in [0.29, 0.717) is 12.1 Å². The van der Waals surface area contributed by atoms with Gasteiger partial charge in [0.25, 0.3) is 0 Å². The van der Waals surface area contributed by atoms with E-state index in [2.05, 4.69) is 16.4 Å². The van der Waals surface area contributed by atoms with Crippen LogP contribution in [0.1, 0.15) is 24.1 Å². The van der Waals surface area contributed by atoms with E-state index >= 15 is 0 Å². The summed E-state index contributed by atoms with van der Waals surface area (Å²) >= 11 is 0. The first-order valence-corrected chi connectivity index (χ1v) is 7.05. The van der Waals surface area contributed by atoms with Gasteiger partial charge in [0.1, 0.15) is 5.82 Å². The number of rotatable bonds is 4. The van der Waals surface area contributed by atoms with Crippen LogP contribution in [0.5, 0.6) is 0 Å². The predicted molar refractivity (Wildman–Crippen MR) is 83.4 cm³/mol. The fourth-order valence-electron chi connectivity index (χ4n) is 2.54. The average Bonchev–Trinajstić information content (AvgIpc) is 2.53. The lowest BCUT2D eigenvalue weighted by atomic mass is 10.0. The van der Waals surface area contributed by atoms with Crippen LogP contribution < -0.4 is 5.32 Å². The van der Waals surface area contributed by atoms with Crippen LogP contribution in [0.4, 0.5) is 4.39 Å². The number of pyridine rings is 1. The molecule has 1 unspecified atom stereocenters. The topological polar surface area (TPSA) is 24.9 Å². The summed E-state index contributed by atoms with van der Waals surface area (Å²) in [6, 6.07) is 15.0. The van der Waals surface area contributed by atoms with Crippen LogP contribution in [0.25, 0.3) is 10.8 Å². The number of aromatic nitrogens is 1. The molecule has 0 bridgehead atoms. The molecule has 1 aromatic heterocycles. The Hall–Kier alpha value is -2.26. The molecule has 0 aliphatic rings. The molecule has 0 saturated carbocycles. The van der Waals surface area contributed by atoms with Crippen molar-refractivity contribution in [3.05, 3.63) is 77.9 Å². The van der Waals surface area contributed by atoms with Crippen molar-refractivity contribution in [1.82, 2.24) is 10.3 Å². The molecule has 2 aromatic carbocycles. The molecule has 0 amide bonds. The van der Waals surface area contributed by atoms with Gasteiger partial charge in [-0.2, -0.15) is 0 Å². The lowest BCUT2D eigenvalue weighted by Crippen LogP contribution is -2.19. The minimum atomic E-state index is -0.167. The molecule has 106 valence electrons. The number of hydrogen-bond donors (Lipinski definition) is 1. The van der Waals surface area contributed by atoms with Crippen molar-refractivity contribution in [1.29, 1.82) is 0 Å². The third-order valence-corrected chi connectivity index (χ3v) is 3.74. The van der Waals surface area contributed by atoms with Crippen LogP contribution in [0.15, 0.2) is 60.9 Å². The highest BCUT2D eigenvalue weighted by atomic mass is 19.1. The summed E-state index contributed by atoms with van der Waals surface area (Å²) in [6.07, 6.45) is 3.66. The summed E-state index contributed by atoms with van der Waals surface area (Å²) in [6.45, 7) is 2.67. The molecule has 3 heteroatoms. The molecule has 1 atom stereocenters. The molecule has 1 heterocycles. The summed E-state index contributed by atoms with van der Waals surface area (Å²) in [5, 5.41) is 5.69. The molecule has 0 aliphatic heterocycles. The number of hydrogen-bond acceptors (Lipinski definition) is 2. The van der Waals surface area contributed by atoms with Gasteiger partial charge in [0.2, 0.25) is 0 Å². The lowest BCUT2D eigenvalue weighted by molar-refractivity contribution is 0.529. The fourth-order valence-corrected chi connectivity index (χ4v) is 2.54. The number of fused-ring (bicyclic) bond motifs is 1. The molecule has 0 radical (unpaired) electrons. The third-order valence-electron chi connectivity index (χ3n) is 3.74. The van der Waals surface area contributed by atoms with Gasteiger partial charge in [0.05, 0.1) is 0 Å². The SMILES string of the molecule is CC(NCc1cccc2cnccc12)c1ccccc1F. The predicted octanol–water partition coefficient (Wildman–Crippen LogP) is 4.22. The van der Waals surface area contributed by atoms with E-state index in [1.807, 2.05) is 43.5 Å². The molecule has 0 saturated heterocycles. The standard InChI is InChI=1S/C18H17FN2/c1-13(16-7-2-3-8-18(16)19)21-12-15-6-4-5-14-11-20-10-9-17(14)15/h2-11,13,21H,12H2,1H3. The second-order valence-electron chi connectivity index (χ2n) is 5.14. The molecule has 21 heavy (non-hydrogen) atoms. The molecule has 2 nitrogen and oxygen atoms in total. The first kappa shape index (κ1) is 13.7. The van der Waals surface area contributed by atoms with Crippen LogP contribution >= 0.6 is 0 Å². The zero-order valence-electron chi connectivity index (χ0n) is 11.9. The number of halogens is 1. The van der Waals surface area contributed by atoms with Crippen molar-refractivity contribution in [2.75, 3.05) is 0 Å². The quantitative estimate of drug-likeness (QED) is 0.773. The van der Waals surface area contributed by atoms with Crippen LogP contribution in [0.3, 0.4) is 0 Å². The van der Waals surface area contributed by atoms with Gasteiger partial charge in [-0.1, -0.05) is 36.4 Å². The van der Waals surface area contributed by atoms with E-state index in [9.17, 15) is 4.39 Å². The number of nitrogens with one attached hydrogen (secondary N) is 1. The van der Waals surface area contributed by atoms with Gasteiger partial charge in [0.15, 0.2) is 0 Å². The average molecular weight is 280 g/mol. The summed E-state index contributed by atoms with van der Waals surface area (Å²) in [4.78, 5) is 4.14. The maximum absolute atomic E-state index is 13.8. The third kappa shape index (κ3) is 2.93. The Morgan fingerprint density at radius 3 is 2.81 bits per heavy atom. The van der Waals surface area contributed by atoms with E-state index in [1.165, 1.54) is 17.0 Å². The number of nitrogens with zero attached hydrogens (tertiary/aromatic N) is 1. The molecule has 0 spiro atoms. The second kappa shape index (κ2) is 6.02. The van der Waals surface area contributed by atoms with Gasteiger partial charge in [-0.15, -0.1) is 0 Å². The zero-order chi connectivity index (χ0) is 14.7. The van der Waals surface area contributed by atoms with Crippen molar-refractivity contribution in [3.8, 4) is 0 Å². The molecular formula is C18H17FN2. The summed E-state index contributed by atoms with van der Waals surface area (Å²) in [5.74, 6) is -0.167. The Morgan fingerprint density at radius 2 is 1.95 bits per heavy atom. The van der Waals surface area contributed by atoms with Crippen molar-refractivity contribution in [2.45, 2.75) is 19.5 Å². The Kier molecular flexibility index (Phi) is 3.93. The first-order valence-electron chi connectivity index (χ1n) is 7.05. The van der Waals surface area contributed by atoms with Crippen LogP contribution in [0, 0.1) is 5.82 Å². The van der Waals surface area contributed by atoms with Crippen LogP contribution in [-0.2, 0) is 6.54 Å². The minimum absolute atomic E-state index is 0.0386. The van der Waals surface area contributed by atoms with Crippen molar-refractivity contribution >= 4 is 10.8 Å². The van der Waals surface area contributed by atoms with Crippen LogP contribution in [0.2, 0.25) is 0 Å². The number of benzene rings is 2. The highest BCUT2D eigenvalue weighted by Crippen LogP contribution is 2.20. The monoisotopic (exact) mass is 280 g/mol. The minimum Gasteiger partial charge on any atom is -0.306 e. The molecule has 1 N–H and O–H groups in total. The highest BCUT2D eigenvalue weighted by molar-refractivity contribution is 5.84. The molecule has 0 fully saturated rings. The maximum Gasteiger partial charge on any atom is 0.127 e. The smallest absolute Gasteiger partial charge is 0.127 e. The molecule has 3 aromatic rings. The van der Waals surface area contributed by atoms with Gasteiger partial charge < -0.3 is 5.32 Å². The van der Waals surface area contributed by atoms with E-state index in [0.717, 1.165) is 5.39 Å². The molecular weight excluding hydrogens is 263 g/mol. The van der Waals surface area contributed by atoms with Crippen molar-refractivity contribution in [3.63, 3.8) is 0 Å². The van der Waals surface area contributed by atoms with Crippen molar-refractivity contribution in [2.24, 2.45) is 0 Å². The van der Waals surface area contributed by atoms with E-state index < -0.39 is 0 Å². The first-order chi connectivity index (χ1) is 10.3. The highest BCUT2D eigenvalue weighted by Gasteiger charge is 2.10. The van der Waals surface area contributed by atoms with Gasteiger partial charge in [-0.3, -0.25) is 4.98 Å². The van der Waals surface area contributed by atoms with Crippen LogP contribution in [-0.4, -0.2) is 4.98 Å². The normalized spacial score (nSPS) is 12.5. The summed E-state index contributed by atoms with van der Waals surface area (Å²) in [7, 11) is 0. The summed E-state index contributed by atoms with van der Waals surface area (Å²) in [5.41, 5.74) is 1.89. The fraction of sp³-hybridized carbons (Fsp3) is 0.167. The van der Waals surface area contributed by atoms with Gasteiger partial charge >= 0.3 is 0 Å². The summed E-state index contributed by atoms with van der Waals surface area (Å²) < 4.78 is 13.8. The van der Waals surface area contributed by atoms with Crippen molar-refractivity contribution < 1.29 is 4.39 Å². The van der Waals surface area contributed by atoms with E-state index in [4.69, 9.17) is 0 Å². The van der Waals surface area contributed by atoms with E-state index in [1.54, 1.807) is 12.3 Å². The molecule has 3 rings (SSSR count). The molecule has 0 aliphatic carbocycles. The van der Waals surface area contributed by atoms with Gasteiger partial charge in [0, 0.05) is 35.9 Å². The zero-order valence-corrected chi connectivity index (χ0v) is 11.9. The van der Waals surface area contributed by atoms with Gasteiger partial charge in [-0.25, -0.2) is 4.39 Å². The van der Waals surface area contributed by atoms with Gasteiger partial charge in [-0.05, 0) is 30.0 Å². The Morgan fingerprint density at radius 1 is 1.10 bits per heavy atom. The van der Waals surface area contributed by atoms with E-state index in [-0.39, 0.29) is 11.9 Å². The Bertz CT molecular complexity index is 750. The lowest BCUT2D eigenvalue weighted by Gasteiger charge is -2.16.